The quantitative estimate of drug-likeness (QED) is 0.584. The van der Waals surface area contributed by atoms with Gasteiger partial charge in [-0.25, -0.2) is 0 Å². The molecule has 0 heterocycles. The Labute approximate surface area is 64.9 Å². The molecule has 0 fully saturated rings. The molecule has 0 unspecified atom stereocenters. The monoisotopic (exact) mass is 150 g/mol. The van der Waals surface area contributed by atoms with Crippen molar-refractivity contribution in [2.24, 2.45) is 0 Å². The molecule has 0 bridgehead atoms. The van der Waals surface area contributed by atoms with Crippen LogP contribution in [-0.2, 0) is 0 Å². The number of carbonyl (C=O) groups excluding carboxylic acids is 1. The van der Waals surface area contributed by atoms with E-state index in [1.54, 1.807) is 24.3 Å². The minimum absolute atomic E-state index is 0.618. The Morgan fingerprint density at radius 2 is 1.91 bits per heavy atom. The summed E-state index contributed by atoms with van der Waals surface area (Å²) in [6.07, 6.45) is -1.20. The van der Waals surface area contributed by atoms with Crippen LogP contribution in [-0.4, -0.2) is 13.1 Å². The van der Waals surface area contributed by atoms with Gasteiger partial charge in [0.25, 0.3) is 0 Å². The van der Waals surface area contributed by atoms with E-state index < -0.39 is 6.09 Å². The lowest BCUT2D eigenvalue weighted by molar-refractivity contribution is -0.246. The van der Waals surface area contributed by atoms with Gasteiger partial charge in [0.15, 0.2) is 0 Å². The standard InChI is InChI=1S/C8H9NO2/c1-9(8(10)11)7-5-3-2-4-6-7/h2-6H,1H3,(H,10,11)/p-1. The van der Waals surface area contributed by atoms with Crippen molar-refractivity contribution in [3.63, 3.8) is 0 Å². The summed E-state index contributed by atoms with van der Waals surface area (Å²) in [5.41, 5.74) is 0.618. The van der Waals surface area contributed by atoms with E-state index in [0.717, 1.165) is 4.90 Å². The highest BCUT2D eigenvalue weighted by Gasteiger charge is 1.97. The van der Waals surface area contributed by atoms with Gasteiger partial charge in [0.1, 0.15) is 6.09 Å². The first-order valence-electron chi connectivity index (χ1n) is 3.21. The number of carbonyl (C=O) groups is 1. The molecule has 3 nitrogen and oxygen atoms in total. The molecule has 0 aliphatic carbocycles. The third-order valence-electron chi connectivity index (χ3n) is 1.42. The fourth-order valence-corrected chi connectivity index (χ4v) is 0.757. The van der Waals surface area contributed by atoms with Gasteiger partial charge in [-0.15, -0.1) is 0 Å². The highest BCUT2D eigenvalue weighted by Crippen LogP contribution is 2.09. The van der Waals surface area contributed by atoms with E-state index in [1.807, 2.05) is 6.07 Å². The Balaban J connectivity index is 2.85. The van der Waals surface area contributed by atoms with Crippen LogP contribution in [0, 0.1) is 0 Å². The lowest BCUT2D eigenvalue weighted by Crippen LogP contribution is -2.38. The zero-order valence-electron chi connectivity index (χ0n) is 6.15. The number of hydrogen-bond acceptors (Lipinski definition) is 2. The van der Waals surface area contributed by atoms with Gasteiger partial charge in [-0.1, -0.05) is 18.2 Å². The third-order valence-corrected chi connectivity index (χ3v) is 1.42. The summed E-state index contributed by atoms with van der Waals surface area (Å²) in [5, 5.41) is 10.3. The predicted octanol–water partition coefficient (Wildman–Crippen LogP) is 0.466. The van der Waals surface area contributed by atoms with Gasteiger partial charge in [0.2, 0.25) is 0 Å². The lowest BCUT2D eigenvalue weighted by Gasteiger charge is -2.18. The van der Waals surface area contributed by atoms with Crippen LogP contribution in [0.4, 0.5) is 10.5 Å². The number of rotatable bonds is 1. The number of amides is 1. The first-order chi connectivity index (χ1) is 5.22. The number of benzene rings is 1. The summed E-state index contributed by atoms with van der Waals surface area (Å²) < 4.78 is 0. The fraction of sp³-hybridized carbons (Fsp3) is 0.125. The van der Waals surface area contributed by atoms with E-state index in [4.69, 9.17) is 0 Å². The predicted molar refractivity (Wildman–Crippen MR) is 40.2 cm³/mol. The molecule has 0 spiro atoms. The lowest BCUT2D eigenvalue weighted by atomic mass is 10.3. The molecule has 0 saturated heterocycles. The summed E-state index contributed by atoms with van der Waals surface area (Å²) in [7, 11) is 1.45. The van der Waals surface area contributed by atoms with Gasteiger partial charge in [-0.3, -0.25) is 0 Å². The maximum atomic E-state index is 10.3. The second kappa shape index (κ2) is 3.05. The first kappa shape index (κ1) is 7.60. The third kappa shape index (κ3) is 1.70. The van der Waals surface area contributed by atoms with Gasteiger partial charge in [-0.05, 0) is 12.1 Å². The van der Waals surface area contributed by atoms with E-state index in [1.165, 1.54) is 7.05 Å². The van der Waals surface area contributed by atoms with Crippen molar-refractivity contribution in [3.05, 3.63) is 30.3 Å². The van der Waals surface area contributed by atoms with Crippen molar-refractivity contribution in [3.8, 4) is 0 Å². The van der Waals surface area contributed by atoms with Crippen molar-refractivity contribution in [2.45, 2.75) is 0 Å². The average Bonchev–Trinajstić information content (AvgIpc) is 2.05. The first-order valence-corrected chi connectivity index (χ1v) is 3.21. The highest BCUT2D eigenvalue weighted by atomic mass is 16.4. The maximum Gasteiger partial charge on any atom is 0.141 e. The van der Waals surface area contributed by atoms with Crippen molar-refractivity contribution >= 4 is 11.8 Å². The number of hydrogen-bond donors (Lipinski definition) is 0. The van der Waals surface area contributed by atoms with Crippen molar-refractivity contribution in [1.82, 2.24) is 0 Å². The Morgan fingerprint density at radius 1 is 1.36 bits per heavy atom. The number of para-hydroxylation sites is 1. The fourth-order valence-electron chi connectivity index (χ4n) is 0.757. The average molecular weight is 150 g/mol. The van der Waals surface area contributed by atoms with Crippen LogP contribution in [0.3, 0.4) is 0 Å². The Bertz CT molecular complexity index is 246. The van der Waals surface area contributed by atoms with Gasteiger partial charge in [0.05, 0.1) is 0 Å². The van der Waals surface area contributed by atoms with Crippen LogP contribution in [0.25, 0.3) is 0 Å². The molecule has 0 aliphatic heterocycles. The largest absolute Gasteiger partial charge is 0.530 e. The SMILES string of the molecule is CN(C(=O)[O-])c1ccccc1. The van der Waals surface area contributed by atoms with Gasteiger partial charge < -0.3 is 14.8 Å². The van der Waals surface area contributed by atoms with Gasteiger partial charge >= 0.3 is 0 Å². The minimum Gasteiger partial charge on any atom is -0.530 e. The molecular weight excluding hydrogens is 142 g/mol. The normalized spacial score (nSPS) is 9.18. The molecule has 0 saturated carbocycles. The van der Waals surface area contributed by atoms with Gasteiger partial charge in [-0.2, -0.15) is 0 Å². The van der Waals surface area contributed by atoms with Crippen molar-refractivity contribution < 1.29 is 9.90 Å². The number of nitrogens with zero attached hydrogens (tertiary/aromatic N) is 1. The zero-order valence-corrected chi connectivity index (χ0v) is 6.15. The van der Waals surface area contributed by atoms with E-state index in [9.17, 15) is 9.90 Å². The molecule has 1 aromatic carbocycles. The minimum atomic E-state index is -1.20. The van der Waals surface area contributed by atoms with E-state index in [-0.39, 0.29) is 0 Å². The van der Waals surface area contributed by atoms with E-state index in [0.29, 0.717) is 5.69 Å². The molecular formula is C8H8NO2-. The second-order valence-corrected chi connectivity index (χ2v) is 2.16. The van der Waals surface area contributed by atoms with Gasteiger partial charge in [0, 0.05) is 12.7 Å². The van der Waals surface area contributed by atoms with E-state index in [2.05, 4.69) is 0 Å². The molecule has 1 rings (SSSR count). The van der Waals surface area contributed by atoms with Crippen LogP contribution in [0.15, 0.2) is 30.3 Å². The summed E-state index contributed by atoms with van der Waals surface area (Å²) in [5.74, 6) is 0. The molecule has 0 N–H and O–H groups in total. The van der Waals surface area contributed by atoms with Crippen molar-refractivity contribution in [1.29, 1.82) is 0 Å². The van der Waals surface area contributed by atoms with Crippen LogP contribution >= 0.6 is 0 Å². The van der Waals surface area contributed by atoms with Crippen LogP contribution in [0.5, 0.6) is 0 Å². The summed E-state index contributed by atoms with van der Waals surface area (Å²) in [4.78, 5) is 11.4. The molecule has 0 atom stereocenters. The molecule has 1 amide bonds. The van der Waals surface area contributed by atoms with Crippen LogP contribution < -0.4 is 10.0 Å². The molecule has 11 heavy (non-hydrogen) atoms. The highest BCUT2D eigenvalue weighted by molar-refractivity contribution is 5.83. The Morgan fingerprint density at radius 3 is 2.36 bits per heavy atom. The number of anilines is 1. The summed E-state index contributed by atoms with van der Waals surface area (Å²) in [6.45, 7) is 0. The molecule has 1 aromatic rings. The molecule has 0 aliphatic rings. The molecule has 0 aromatic heterocycles. The maximum absolute atomic E-state index is 10.3. The zero-order chi connectivity index (χ0) is 8.27. The molecule has 58 valence electrons. The smallest absolute Gasteiger partial charge is 0.141 e. The Kier molecular flexibility index (Phi) is 2.11. The van der Waals surface area contributed by atoms with E-state index >= 15 is 0 Å². The summed E-state index contributed by atoms with van der Waals surface area (Å²) in [6, 6.07) is 8.78. The molecule has 0 radical (unpaired) electrons. The van der Waals surface area contributed by atoms with Crippen LogP contribution in [0.1, 0.15) is 0 Å². The topological polar surface area (TPSA) is 43.4 Å². The Hall–Kier alpha value is -1.51. The number of carboxylic acid groups (broad SMARTS) is 1. The second-order valence-electron chi connectivity index (χ2n) is 2.16. The van der Waals surface area contributed by atoms with Crippen molar-refractivity contribution in [2.75, 3.05) is 11.9 Å². The molecule has 3 heteroatoms. The van der Waals surface area contributed by atoms with Crippen LogP contribution in [0.2, 0.25) is 0 Å². The summed E-state index contributed by atoms with van der Waals surface area (Å²) >= 11 is 0.